The number of para-hydroxylation sites is 1. The van der Waals surface area contributed by atoms with Crippen LogP contribution in [0.5, 0.6) is 0 Å². The van der Waals surface area contributed by atoms with Crippen molar-refractivity contribution in [2.24, 2.45) is 0 Å². The maximum Gasteiger partial charge on any atom is 0.222 e. The number of nitrogens with zero attached hydrogens (tertiary/aromatic N) is 2. The van der Waals surface area contributed by atoms with Crippen molar-refractivity contribution in [3.63, 3.8) is 0 Å². The number of hydrogen-bond donors (Lipinski definition) is 2. The summed E-state index contributed by atoms with van der Waals surface area (Å²) in [6.07, 6.45) is 3.17. The van der Waals surface area contributed by atoms with Gasteiger partial charge in [-0.3, -0.25) is 0 Å². The van der Waals surface area contributed by atoms with Gasteiger partial charge in [-0.15, -0.1) is 0 Å². The van der Waals surface area contributed by atoms with Crippen molar-refractivity contribution in [3.8, 4) is 0 Å². The number of aryl methyl sites for hydroxylation is 3. The van der Waals surface area contributed by atoms with E-state index in [0.29, 0.717) is 5.95 Å². The third-order valence-corrected chi connectivity index (χ3v) is 3.67. The SMILES string of the molecule is Cc1cccc(C)c1Nc1nc(N)nc2c1CCC2. The van der Waals surface area contributed by atoms with Crippen LogP contribution < -0.4 is 11.1 Å². The minimum Gasteiger partial charge on any atom is -0.368 e. The standard InChI is InChI=1S/C15H18N4/c1-9-5-3-6-10(2)13(9)18-14-11-7-4-8-12(11)17-15(16)19-14/h3,5-6H,4,7-8H2,1-2H3,(H3,16,17,18,19). The van der Waals surface area contributed by atoms with Crippen molar-refractivity contribution < 1.29 is 0 Å². The maximum absolute atomic E-state index is 5.80. The summed E-state index contributed by atoms with van der Waals surface area (Å²) >= 11 is 0. The Labute approximate surface area is 113 Å². The Morgan fingerprint density at radius 1 is 1.11 bits per heavy atom. The molecular weight excluding hydrogens is 236 g/mol. The van der Waals surface area contributed by atoms with Gasteiger partial charge in [-0.25, -0.2) is 4.98 Å². The molecule has 0 aliphatic heterocycles. The van der Waals surface area contributed by atoms with Crippen LogP contribution in [0.4, 0.5) is 17.5 Å². The molecule has 4 nitrogen and oxygen atoms in total. The highest BCUT2D eigenvalue weighted by atomic mass is 15.1. The second-order valence-corrected chi connectivity index (χ2v) is 5.10. The number of hydrogen-bond acceptors (Lipinski definition) is 4. The Morgan fingerprint density at radius 3 is 2.58 bits per heavy atom. The molecule has 2 aromatic rings. The van der Waals surface area contributed by atoms with E-state index >= 15 is 0 Å². The molecule has 1 heterocycles. The molecule has 4 heteroatoms. The summed E-state index contributed by atoms with van der Waals surface area (Å²) in [4.78, 5) is 8.71. The highest BCUT2D eigenvalue weighted by Crippen LogP contribution is 2.31. The van der Waals surface area contributed by atoms with Crippen LogP contribution >= 0.6 is 0 Å². The van der Waals surface area contributed by atoms with Crippen LogP contribution in [0.2, 0.25) is 0 Å². The van der Waals surface area contributed by atoms with Gasteiger partial charge in [-0.1, -0.05) is 18.2 Å². The van der Waals surface area contributed by atoms with Gasteiger partial charge < -0.3 is 11.1 Å². The van der Waals surface area contributed by atoms with Crippen LogP contribution in [0.25, 0.3) is 0 Å². The fourth-order valence-corrected chi connectivity index (χ4v) is 2.68. The second-order valence-electron chi connectivity index (χ2n) is 5.10. The molecule has 0 spiro atoms. The van der Waals surface area contributed by atoms with E-state index in [0.717, 1.165) is 36.5 Å². The van der Waals surface area contributed by atoms with Crippen LogP contribution in [0, 0.1) is 13.8 Å². The Kier molecular flexibility index (Phi) is 2.85. The normalized spacial score (nSPS) is 13.4. The van der Waals surface area contributed by atoms with Crippen molar-refractivity contribution in [1.29, 1.82) is 0 Å². The fourth-order valence-electron chi connectivity index (χ4n) is 2.68. The van der Waals surface area contributed by atoms with Gasteiger partial charge in [0.2, 0.25) is 5.95 Å². The first-order valence-corrected chi connectivity index (χ1v) is 6.63. The number of benzene rings is 1. The van der Waals surface area contributed by atoms with Crippen LogP contribution in [-0.2, 0) is 12.8 Å². The summed E-state index contributed by atoms with van der Waals surface area (Å²) in [6, 6.07) is 6.26. The number of fused-ring (bicyclic) bond motifs is 1. The zero-order chi connectivity index (χ0) is 13.4. The molecule has 1 aliphatic carbocycles. The number of rotatable bonds is 2. The Bertz CT molecular complexity index is 614. The van der Waals surface area contributed by atoms with E-state index in [9.17, 15) is 0 Å². The molecule has 0 radical (unpaired) electrons. The lowest BCUT2D eigenvalue weighted by molar-refractivity contribution is 0.900. The Balaban J connectivity index is 2.05. The lowest BCUT2D eigenvalue weighted by atomic mass is 10.1. The topological polar surface area (TPSA) is 63.8 Å². The number of anilines is 3. The summed E-state index contributed by atoms with van der Waals surface area (Å²) < 4.78 is 0. The molecular formula is C15H18N4. The smallest absolute Gasteiger partial charge is 0.222 e. The minimum atomic E-state index is 0.356. The van der Waals surface area contributed by atoms with E-state index < -0.39 is 0 Å². The average molecular weight is 254 g/mol. The van der Waals surface area contributed by atoms with Gasteiger partial charge in [0, 0.05) is 11.3 Å². The molecule has 0 atom stereocenters. The largest absolute Gasteiger partial charge is 0.368 e. The quantitative estimate of drug-likeness (QED) is 0.865. The molecule has 0 bridgehead atoms. The summed E-state index contributed by atoms with van der Waals surface area (Å²) in [6.45, 7) is 4.19. The predicted octanol–water partition coefficient (Wildman–Crippen LogP) is 2.91. The zero-order valence-electron chi connectivity index (χ0n) is 11.3. The summed E-state index contributed by atoms with van der Waals surface area (Å²) in [5, 5.41) is 3.45. The molecule has 19 heavy (non-hydrogen) atoms. The molecule has 3 rings (SSSR count). The number of nitrogen functional groups attached to an aromatic ring is 1. The monoisotopic (exact) mass is 254 g/mol. The molecule has 1 aliphatic rings. The van der Waals surface area contributed by atoms with Crippen LogP contribution in [0.3, 0.4) is 0 Å². The molecule has 0 amide bonds. The number of nitrogens with two attached hydrogens (primary N) is 1. The van der Waals surface area contributed by atoms with Gasteiger partial charge in [-0.2, -0.15) is 4.98 Å². The lowest BCUT2D eigenvalue weighted by Crippen LogP contribution is -2.06. The van der Waals surface area contributed by atoms with Gasteiger partial charge in [-0.05, 0) is 44.2 Å². The third kappa shape index (κ3) is 2.14. The molecule has 1 aromatic heterocycles. The second kappa shape index (κ2) is 4.53. The van der Waals surface area contributed by atoms with E-state index in [-0.39, 0.29) is 0 Å². The van der Waals surface area contributed by atoms with Crippen molar-refractivity contribution in [2.75, 3.05) is 11.1 Å². The van der Waals surface area contributed by atoms with Crippen molar-refractivity contribution in [2.45, 2.75) is 33.1 Å². The molecule has 0 saturated heterocycles. The first-order valence-electron chi connectivity index (χ1n) is 6.63. The third-order valence-electron chi connectivity index (χ3n) is 3.67. The first-order chi connectivity index (χ1) is 9.15. The van der Waals surface area contributed by atoms with Crippen molar-refractivity contribution in [3.05, 3.63) is 40.6 Å². The van der Waals surface area contributed by atoms with E-state index in [2.05, 4.69) is 47.3 Å². The van der Waals surface area contributed by atoms with E-state index in [1.165, 1.54) is 16.7 Å². The van der Waals surface area contributed by atoms with E-state index in [4.69, 9.17) is 5.73 Å². The summed E-state index contributed by atoms with van der Waals surface area (Å²) in [5.41, 5.74) is 11.7. The van der Waals surface area contributed by atoms with Gasteiger partial charge in [0.05, 0.1) is 5.69 Å². The summed E-state index contributed by atoms with van der Waals surface area (Å²) in [7, 11) is 0. The first kappa shape index (κ1) is 12.0. The van der Waals surface area contributed by atoms with E-state index in [1.807, 2.05) is 0 Å². The van der Waals surface area contributed by atoms with Gasteiger partial charge in [0.15, 0.2) is 0 Å². The maximum atomic E-state index is 5.80. The average Bonchev–Trinajstić information content (AvgIpc) is 2.81. The Morgan fingerprint density at radius 2 is 1.84 bits per heavy atom. The van der Waals surface area contributed by atoms with Crippen molar-refractivity contribution in [1.82, 2.24) is 9.97 Å². The zero-order valence-corrected chi connectivity index (χ0v) is 11.3. The van der Waals surface area contributed by atoms with Crippen LogP contribution in [0.1, 0.15) is 28.8 Å². The van der Waals surface area contributed by atoms with Crippen LogP contribution in [0.15, 0.2) is 18.2 Å². The number of nitrogens with one attached hydrogen (secondary N) is 1. The van der Waals surface area contributed by atoms with Gasteiger partial charge in [0.25, 0.3) is 0 Å². The molecule has 1 aromatic carbocycles. The predicted molar refractivity (Wildman–Crippen MR) is 77.7 cm³/mol. The van der Waals surface area contributed by atoms with Gasteiger partial charge in [0.1, 0.15) is 5.82 Å². The van der Waals surface area contributed by atoms with Crippen molar-refractivity contribution >= 4 is 17.5 Å². The van der Waals surface area contributed by atoms with Crippen LogP contribution in [-0.4, -0.2) is 9.97 Å². The Hall–Kier alpha value is -2.10. The highest BCUT2D eigenvalue weighted by Gasteiger charge is 2.19. The highest BCUT2D eigenvalue weighted by molar-refractivity contribution is 5.67. The summed E-state index contributed by atoms with van der Waals surface area (Å²) in [5.74, 6) is 1.23. The number of aromatic nitrogens is 2. The molecule has 0 saturated carbocycles. The molecule has 98 valence electrons. The molecule has 0 fully saturated rings. The van der Waals surface area contributed by atoms with E-state index in [1.54, 1.807) is 0 Å². The lowest BCUT2D eigenvalue weighted by Gasteiger charge is -2.14. The molecule has 3 N–H and O–H groups in total. The molecule has 0 unspecified atom stereocenters. The van der Waals surface area contributed by atoms with Gasteiger partial charge >= 0.3 is 0 Å². The fraction of sp³-hybridized carbons (Fsp3) is 0.333. The minimum absolute atomic E-state index is 0.356.